The smallest absolute Gasteiger partial charge is 0.337 e. The molecule has 0 heterocycles. The second-order valence-corrected chi connectivity index (χ2v) is 3.96. The maximum atomic E-state index is 11.5. The van der Waals surface area contributed by atoms with E-state index in [4.69, 9.17) is 4.74 Å². The predicted molar refractivity (Wildman–Crippen MR) is 71.4 cm³/mol. The normalized spacial score (nSPS) is 10.0. The number of esters is 1. The van der Waals surface area contributed by atoms with E-state index >= 15 is 0 Å². The summed E-state index contributed by atoms with van der Waals surface area (Å²) in [6, 6.07) is 11.8. The van der Waals surface area contributed by atoms with Gasteiger partial charge < -0.3 is 14.6 Å². The number of rotatable bonds is 3. The number of hydrogen-bond acceptors (Lipinski definition) is 4. The van der Waals surface area contributed by atoms with Crippen molar-refractivity contribution in [3.63, 3.8) is 0 Å². The molecule has 2 aromatic carbocycles. The lowest BCUT2D eigenvalue weighted by Crippen LogP contribution is -2.01. The molecule has 0 bridgehead atoms. The number of carbonyl (C=O) groups is 1. The molecule has 1 N–H and O–H groups in total. The maximum absolute atomic E-state index is 11.5. The Balaban J connectivity index is 2.51. The van der Waals surface area contributed by atoms with Gasteiger partial charge >= 0.3 is 5.97 Å². The van der Waals surface area contributed by atoms with Gasteiger partial charge in [0.1, 0.15) is 11.5 Å². The van der Waals surface area contributed by atoms with E-state index in [1.165, 1.54) is 19.2 Å². The molecule has 2 aromatic rings. The zero-order chi connectivity index (χ0) is 13.8. The van der Waals surface area contributed by atoms with Gasteiger partial charge in [-0.2, -0.15) is 0 Å². The highest BCUT2D eigenvalue weighted by Crippen LogP contribution is 2.32. The van der Waals surface area contributed by atoms with Gasteiger partial charge in [-0.1, -0.05) is 12.1 Å². The quantitative estimate of drug-likeness (QED) is 0.860. The summed E-state index contributed by atoms with van der Waals surface area (Å²) in [5.41, 5.74) is 1.71. The topological polar surface area (TPSA) is 55.8 Å². The summed E-state index contributed by atoms with van der Waals surface area (Å²) in [5.74, 6) is 0.338. The molecular formula is C15H14O4. The maximum Gasteiger partial charge on any atom is 0.337 e. The van der Waals surface area contributed by atoms with Crippen molar-refractivity contribution < 1.29 is 19.4 Å². The van der Waals surface area contributed by atoms with Crippen LogP contribution in [0.15, 0.2) is 42.5 Å². The van der Waals surface area contributed by atoms with Crippen LogP contribution in [-0.4, -0.2) is 25.3 Å². The molecule has 19 heavy (non-hydrogen) atoms. The first kappa shape index (κ1) is 13.0. The first-order valence-electron chi connectivity index (χ1n) is 5.71. The molecular weight excluding hydrogens is 244 g/mol. The van der Waals surface area contributed by atoms with Crippen LogP contribution >= 0.6 is 0 Å². The van der Waals surface area contributed by atoms with Crippen LogP contribution in [0.4, 0.5) is 0 Å². The van der Waals surface area contributed by atoms with E-state index in [1.54, 1.807) is 19.2 Å². The van der Waals surface area contributed by atoms with Crippen LogP contribution in [-0.2, 0) is 4.74 Å². The fraction of sp³-hybridized carbons (Fsp3) is 0.133. The van der Waals surface area contributed by atoms with Crippen molar-refractivity contribution in [1.29, 1.82) is 0 Å². The van der Waals surface area contributed by atoms with Crippen molar-refractivity contribution in [2.24, 2.45) is 0 Å². The molecule has 0 saturated carbocycles. The number of phenolic OH excluding ortho intramolecular Hbond substituents is 1. The van der Waals surface area contributed by atoms with Gasteiger partial charge in [-0.25, -0.2) is 4.79 Å². The van der Waals surface area contributed by atoms with E-state index in [0.29, 0.717) is 16.9 Å². The summed E-state index contributed by atoms with van der Waals surface area (Å²) < 4.78 is 9.81. The minimum Gasteiger partial charge on any atom is -0.507 e. The molecule has 0 radical (unpaired) electrons. The number of carbonyl (C=O) groups excluding carboxylic acids is 1. The lowest BCUT2D eigenvalue weighted by atomic mass is 10.0. The van der Waals surface area contributed by atoms with Gasteiger partial charge in [0.25, 0.3) is 0 Å². The van der Waals surface area contributed by atoms with Crippen molar-refractivity contribution in [3.05, 3.63) is 48.0 Å². The van der Waals surface area contributed by atoms with E-state index in [0.717, 1.165) is 5.56 Å². The number of aromatic hydroxyl groups is 1. The largest absolute Gasteiger partial charge is 0.507 e. The van der Waals surface area contributed by atoms with Gasteiger partial charge in [0.15, 0.2) is 0 Å². The summed E-state index contributed by atoms with van der Waals surface area (Å²) in [5, 5.41) is 9.91. The van der Waals surface area contributed by atoms with E-state index in [-0.39, 0.29) is 5.75 Å². The first-order valence-corrected chi connectivity index (χ1v) is 5.71. The summed E-state index contributed by atoms with van der Waals surface area (Å²) >= 11 is 0. The monoisotopic (exact) mass is 258 g/mol. The zero-order valence-corrected chi connectivity index (χ0v) is 10.7. The average Bonchev–Trinajstić information content (AvgIpc) is 2.47. The van der Waals surface area contributed by atoms with E-state index in [9.17, 15) is 9.90 Å². The van der Waals surface area contributed by atoms with Crippen molar-refractivity contribution in [3.8, 4) is 22.6 Å². The van der Waals surface area contributed by atoms with E-state index in [2.05, 4.69) is 4.74 Å². The lowest BCUT2D eigenvalue weighted by Gasteiger charge is -2.08. The Bertz CT molecular complexity index is 605. The predicted octanol–water partition coefficient (Wildman–Crippen LogP) is 2.85. The molecule has 0 unspecified atom stereocenters. The molecule has 98 valence electrons. The molecule has 0 fully saturated rings. The Kier molecular flexibility index (Phi) is 3.71. The van der Waals surface area contributed by atoms with Crippen molar-refractivity contribution in [1.82, 2.24) is 0 Å². The molecule has 0 aromatic heterocycles. The lowest BCUT2D eigenvalue weighted by molar-refractivity contribution is 0.0601. The van der Waals surface area contributed by atoms with Crippen molar-refractivity contribution in [2.45, 2.75) is 0 Å². The Morgan fingerprint density at radius 2 is 1.89 bits per heavy atom. The highest BCUT2D eigenvalue weighted by atomic mass is 16.5. The van der Waals surface area contributed by atoms with Crippen LogP contribution in [0.2, 0.25) is 0 Å². The third kappa shape index (κ3) is 2.68. The minimum atomic E-state index is -0.441. The highest BCUT2D eigenvalue weighted by Gasteiger charge is 2.11. The Hall–Kier alpha value is -2.49. The number of benzene rings is 2. The molecule has 2 rings (SSSR count). The van der Waals surface area contributed by atoms with Gasteiger partial charge in [-0.15, -0.1) is 0 Å². The van der Waals surface area contributed by atoms with Gasteiger partial charge in [-0.3, -0.25) is 0 Å². The zero-order valence-electron chi connectivity index (χ0n) is 10.7. The summed E-state index contributed by atoms with van der Waals surface area (Å²) in [7, 11) is 2.89. The van der Waals surface area contributed by atoms with Crippen LogP contribution in [0.5, 0.6) is 11.5 Å². The Labute approximate surface area is 111 Å². The summed E-state index contributed by atoms with van der Waals surface area (Å²) in [6.45, 7) is 0. The first-order chi connectivity index (χ1) is 9.15. The van der Waals surface area contributed by atoms with Gasteiger partial charge in [-0.05, 0) is 35.9 Å². The molecule has 0 saturated heterocycles. The van der Waals surface area contributed by atoms with Crippen molar-refractivity contribution >= 4 is 5.97 Å². The van der Waals surface area contributed by atoms with Gasteiger partial charge in [0, 0.05) is 5.56 Å². The molecule has 0 amide bonds. The van der Waals surface area contributed by atoms with Crippen LogP contribution in [0.1, 0.15) is 10.4 Å². The molecule has 4 heteroatoms. The molecule has 0 atom stereocenters. The summed E-state index contributed by atoms with van der Waals surface area (Å²) in [6.07, 6.45) is 0. The van der Waals surface area contributed by atoms with Crippen LogP contribution in [0.3, 0.4) is 0 Å². The van der Waals surface area contributed by atoms with Gasteiger partial charge in [0.05, 0.1) is 19.8 Å². The molecule has 0 aliphatic rings. The van der Waals surface area contributed by atoms with E-state index in [1.807, 2.05) is 18.2 Å². The molecule has 0 spiro atoms. The number of methoxy groups -OCH3 is 2. The van der Waals surface area contributed by atoms with Crippen LogP contribution in [0.25, 0.3) is 11.1 Å². The second-order valence-electron chi connectivity index (χ2n) is 3.96. The fourth-order valence-electron chi connectivity index (χ4n) is 1.80. The van der Waals surface area contributed by atoms with Crippen LogP contribution < -0.4 is 4.74 Å². The highest BCUT2D eigenvalue weighted by molar-refractivity contribution is 5.91. The molecule has 0 aliphatic heterocycles. The fourth-order valence-corrected chi connectivity index (χ4v) is 1.80. The number of phenols is 1. The van der Waals surface area contributed by atoms with Crippen LogP contribution in [0, 0.1) is 0 Å². The van der Waals surface area contributed by atoms with Crippen molar-refractivity contribution in [2.75, 3.05) is 14.2 Å². The number of hydrogen-bond donors (Lipinski definition) is 1. The third-order valence-corrected chi connectivity index (χ3v) is 2.80. The molecule has 4 nitrogen and oxygen atoms in total. The second kappa shape index (κ2) is 5.44. The van der Waals surface area contributed by atoms with Gasteiger partial charge in [0.2, 0.25) is 0 Å². The molecule has 0 aliphatic carbocycles. The SMILES string of the molecule is COC(=O)c1ccc(O)c(-c2cccc(OC)c2)c1. The third-order valence-electron chi connectivity index (χ3n) is 2.80. The standard InChI is InChI=1S/C15H14O4/c1-18-12-5-3-4-10(8-12)13-9-11(15(17)19-2)6-7-14(13)16/h3-9,16H,1-2H3. The Morgan fingerprint density at radius 1 is 1.11 bits per heavy atom. The summed E-state index contributed by atoms with van der Waals surface area (Å²) in [4.78, 5) is 11.5. The number of ether oxygens (including phenoxy) is 2. The Morgan fingerprint density at radius 3 is 2.58 bits per heavy atom. The average molecular weight is 258 g/mol. The van der Waals surface area contributed by atoms with E-state index < -0.39 is 5.97 Å². The minimum absolute atomic E-state index is 0.0981.